The first-order valence-electron chi connectivity index (χ1n) is 4.71. The van der Waals surface area contributed by atoms with E-state index >= 15 is 0 Å². The van der Waals surface area contributed by atoms with E-state index in [2.05, 4.69) is 15.0 Å². The Labute approximate surface area is 101 Å². The van der Waals surface area contributed by atoms with Gasteiger partial charge in [0.2, 0.25) is 5.28 Å². The van der Waals surface area contributed by atoms with Crippen LogP contribution in [0.2, 0.25) is 5.28 Å². The fourth-order valence-electron chi connectivity index (χ4n) is 1.37. The van der Waals surface area contributed by atoms with Crippen molar-refractivity contribution in [3.63, 3.8) is 0 Å². The van der Waals surface area contributed by atoms with Gasteiger partial charge in [-0.25, -0.2) is 9.97 Å². The number of nitro groups is 1. The van der Waals surface area contributed by atoms with E-state index in [1.807, 2.05) is 6.07 Å². The summed E-state index contributed by atoms with van der Waals surface area (Å²) in [6.07, 6.45) is 4.66. The molecule has 0 bridgehead atoms. The first-order valence-corrected chi connectivity index (χ1v) is 5.09. The molecule has 2 aromatic rings. The van der Waals surface area contributed by atoms with Gasteiger partial charge < -0.3 is 0 Å². The molecule has 0 radical (unpaired) electrons. The lowest BCUT2D eigenvalue weighted by molar-refractivity contribution is -0.386. The van der Waals surface area contributed by atoms with Crippen LogP contribution in [0.3, 0.4) is 0 Å². The van der Waals surface area contributed by atoms with Crippen LogP contribution in [0.15, 0.2) is 30.7 Å². The second-order valence-corrected chi connectivity index (χ2v) is 3.60. The number of hydrogen-bond acceptors (Lipinski definition) is 5. The van der Waals surface area contributed by atoms with Crippen molar-refractivity contribution < 1.29 is 4.92 Å². The molecule has 86 valence electrons. The Hall–Kier alpha value is -2.08. The summed E-state index contributed by atoms with van der Waals surface area (Å²) in [5.74, 6) is 0. The zero-order valence-electron chi connectivity index (χ0n) is 8.58. The standard InChI is InChI=1S/C10H7ClN4O2/c11-10-13-6-9(15(16)17)8(14-10)4-7-2-1-3-12-5-7/h1-3,5-6H,4H2. The van der Waals surface area contributed by atoms with Crippen molar-refractivity contribution in [2.75, 3.05) is 0 Å². The van der Waals surface area contributed by atoms with Gasteiger partial charge in [0.05, 0.1) is 4.92 Å². The average Bonchev–Trinajstić information content (AvgIpc) is 2.30. The molecule has 0 spiro atoms. The van der Waals surface area contributed by atoms with Crippen molar-refractivity contribution in [1.29, 1.82) is 0 Å². The van der Waals surface area contributed by atoms with Gasteiger partial charge in [-0.1, -0.05) is 6.07 Å². The maximum absolute atomic E-state index is 10.8. The van der Waals surface area contributed by atoms with Crippen LogP contribution in [0.25, 0.3) is 0 Å². The second-order valence-electron chi connectivity index (χ2n) is 3.27. The van der Waals surface area contributed by atoms with Crippen LogP contribution < -0.4 is 0 Å². The molecule has 0 amide bonds. The number of nitrogens with zero attached hydrogens (tertiary/aromatic N) is 4. The van der Waals surface area contributed by atoms with Gasteiger partial charge in [0.1, 0.15) is 11.9 Å². The predicted octanol–water partition coefficient (Wildman–Crippen LogP) is 2.02. The van der Waals surface area contributed by atoms with Crippen molar-refractivity contribution in [3.05, 3.63) is 57.4 Å². The molecule has 0 atom stereocenters. The molecule has 2 rings (SSSR count). The Bertz CT molecular complexity index is 547. The fourth-order valence-corrected chi connectivity index (χ4v) is 1.52. The van der Waals surface area contributed by atoms with Crippen LogP contribution in [0, 0.1) is 10.1 Å². The average molecular weight is 251 g/mol. The van der Waals surface area contributed by atoms with E-state index in [0.29, 0.717) is 6.42 Å². The van der Waals surface area contributed by atoms with Gasteiger partial charge in [0, 0.05) is 18.8 Å². The Morgan fingerprint density at radius 3 is 2.88 bits per heavy atom. The largest absolute Gasteiger partial charge is 0.309 e. The fraction of sp³-hybridized carbons (Fsp3) is 0.100. The third-order valence-corrected chi connectivity index (χ3v) is 2.29. The molecular weight excluding hydrogens is 244 g/mol. The molecule has 0 N–H and O–H groups in total. The highest BCUT2D eigenvalue weighted by Crippen LogP contribution is 2.19. The Kier molecular flexibility index (Phi) is 3.24. The van der Waals surface area contributed by atoms with E-state index in [4.69, 9.17) is 11.6 Å². The minimum atomic E-state index is -0.526. The summed E-state index contributed by atoms with van der Waals surface area (Å²) in [6.45, 7) is 0. The van der Waals surface area contributed by atoms with Crippen LogP contribution in [0.5, 0.6) is 0 Å². The molecule has 0 saturated carbocycles. The van der Waals surface area contributed by atoms with Gasteiger partial charge in [-0.2, -0.15) is 0 Å². The van der Waals surface area contributed by atoms with Crippen molar-refractivity contribution in [1.82, 2.24) is 15.0 Å². The highest BCUT2D eigenvalue weighted by atomic mass is 35.5. The molecule has 0 saturated heterocycles. The third-order valence-electron chi connectivity index (χ3n) is 2.11. The maximum atomic E-state index is 10.8. The Morgan fingerprint density at radius 2 is 2.24 bits per heavy atom. The Balaban J connectivity index is 2.37. The van der Waals surface area contributed by atoms with E-state index in [0.717, 1.165) is 11.8 Å². The summed E-state index contributed by atoms with van der Waals surface area (Å²) in [5.41, 5.74) is 0.964. The highest BCUT2D eigenvalue weighted by molar-refractivity contribution is 6.28. The van der Waals surface area contributed by atoms with Crippen LogP contribution in [-0.2, 0) is 6.42 Å². The zero-order chi connectivity index (χ0) is 12.3. The molecule has 6 nitrogen and oxygen atoms in total. The number of aromatic nitrogens is 3. The summed E-state index contributed by atoms with van der Waals surface area (Å²) in [6, 6.07) is 3.57. The minimum Gasteiger partial charge on any atom is -0.264 e. The predicted molar refractivity (Wildman–Crippen MR) is 60.7 cm³/mol. The molecule has 0 fully saturated rings. The molecule has 17 heavy (non-hydrogen) atoms. The molecule has 0 aliphatic carbocycles. The lowest BCUT2D eigenvalue weighted by Crippen LogP contribution is -2.01. The van der Waals surface area contributed by atoms with E-state index < -0.39 is 4.92 Å². The first-order chi connectivity index (χ1) is 8.16. The molecule has 2 heterocycles. The third kappa shape index (κ3) is 2.73. The number of pyridine rings is 1. The normalized spacial score (nSPS) is 10.2. The number of halogens is 1. The molecule has 0 aromatic carbocycles. The van der Waals surface area contributed by atoms with Crippen molar-refractivity contribution in [2.24, 2.45) is 0 Å². The zero-order valence-corrected chi connectivity index (χ0v) is 9.33. The van der Waals surface area contributed by atoms with Gasteiger partial charge >= 0.3 is 5.69 Å². The van der Waals surface area contributed by atoms with Gasteiger partial charge in [-0.05, 0) is 23.2 Å². The maximum Gasteiger partial charge on any atom is 0.309 e. The van der Waals surface area contributed by atoms with Crippen molar-refractivity contribution in [2.45, 2.75) is 6.42 Å². The Morgan fingerprint density at radius 1 is 1.41 bits per heavy atom. The monoisotopic (exact) mass is 250 g/mol. The van der Waals surface area contributed by atoms with Crippen LogP contribution in [-0.4, -0.2) is 19.9 Å². The topological polar surface area (TPSA) is 81.8 Å². The summed E-state index contributed by atoms with van der Waals surface area (Å²) in [7, 11) is 0. The van der Waals surface area contributed by atoms with Crippen LogP contribution >= 0.6 is 11.6 Å². The van der Waals surface area contributed by atoms with Gasteiger partial charge in [-0.3, -0.25) is 15.1 Å². The van der Waals surface area contributed by atoms with Crippen LogP contribution in [0.4, 0.5) is 5.69 Å². The molecule has 7 heteroatoms. The quantitative estimate of drug-likeness (QED) is 0.473. The molecule has 2 aromatic heterocycles. The van der Waals surface area contributed by atoms with Gasteiger partial charge in [-0.15, -0.1) is 0 Å². The molecule has 0 aliphatic rings. The lowest BCUT2D eigenvalue weighted by atomic mass is 10.1. The van der Waals surface area contributed by atoms with E-state index in [9.17, 15) is 10.1 Å². The van der Waals surface area contributed by atoms with E-state index in [-0.39, 0.29) is 16.7 Å². The van der Waals surface area contributed by atoms with E-state index in [1.54, 1.807) is 18.5 Å². The van der Waals surface area contributed by atoms with E-state index in [1.165, 1.54) is 0 Å². The second kappa shape index (κ2) is 4.84. The first kappa shape index (κ1) is 11.4. The van der Waals surface area contributed by atoms with Crippen molar-refractivity contribution >= 4 is 17.3 Å². The summed E-state index contributed by atoms with van der Waals surface area (Å²) in [5, 5.41) is 10.8. The molecule has 0 unspecified atom stereocenters. The van der Waals surface area contributed by atoms with Crippen molar-refractivity contribution in [3.8, 4) is 0 Å². The number of hydrogen-bond donors (Lipinski definition) is 0. The SMILES string of the molecule is O=[N+]([O-])c1cnc(Cl)nc1Cc1cccnc1. The summed E-state index contributed by atoms with van der Waals surface area (Å²) >= 11 is 5.63. The summed E-state index contributed by atoms with van der Waals surface area (Å²) < 4.78 is 0. The summed E-state index contributed by atoms with van der Waals surface area (Å²) in [4.78, 5) is 21.7. The highest BCUT2D eigenvalue weighted by Gasteiger charge is 2.16. The molecule has 0 aliphatic heterocycles. The van der Waals surface area contributed by atoms with Crippen LogP contribution in [0.1, 0.15) is 11.3 Å². The van der Waals surface area contributed by atoms with Gasteiger partial charge in [0.25, 0.3) is 0 Å². The molecular formula is C10H7ClN4O2. The minimum absolute atomic E-state index is 0.00510. The smallest absolute Gasteiger partial charge is 0.264 e. The van der Waals surface area contributed by atoms with Gasteiger partial charge in [0.15, 0.2) is 0 Å². The lowest BCUT2D eigenvalue weighted by Gasteiger charge is -2.01. The number of rotatable bonds is 3.